The normalized spacial score (nSPS) is 12.2. The fourth-order valence-corrected chi connectivity index (χ4v) is 2.26. The SMILES string of the molecule is CCOc1ccc(C(N)Cc2ccc(F)cc2Cl)cc1. The van der Waals surface area contributed by atoms with E-state index in [1.165, 1.54) is 12.1 Å². The zero-order valence-corrected chi connectivity index (χ0v) is 12.0. The molecule has 106 valence electrons. The maximum absolute atomic E-state index is 13.0. The largest absolute Gasteiger partial charge is 0.494 e. The van der Waals surface area contributed by atoms with Gasteiger partial charge in [-0.15, -0.1) is 0 Å². The van der Waals surface area contributed by atoms with Crippen molar-refractivity contribution in [2.45, 2.75) is 19.4 Å². The Morgan fingerprint density at radius 2 is 1.90 bits per heavy atom. The van der Waals surface area contributed by atoms with E-state index in [1.807, 2.05) is 31.2 Å². The Labute approximate surface area is 123 Å². The summed E-state index contributed by atoms with van der Waals surface area (Å²) in [5, 5.41) is 0.409. The molecule has 4 heteroatoms. The average Bonchev–Trinajstić information content (AvgIpc) is 2.43. The molecule has 0 radical (unpaired) electrons. The summed E-state index contributed by atoms with van der Waals surface area (Å²) in [4.78, 5) is 0. The smallest absolute Gasteiger partial charge is 0.124 e. The van der Waals surface area contributed by atoms with Crippen molar-refractivity contribution in [3.63, 3.8) is 0 Å². The van der Waals surface area contributed by atoms with Gasteiger partial charge in [0.25, 0.3) is 0 Å². The number of hydrogen-bond donors (Lipinski definition) is 1. The lowest BCUT2D eigenvalue weighted by molar-refractivity contribution is 0.340. The van der Waals surface area contributed by atoms with Gasteiger partial charge in [0.1, 0.15) is 11.6 Å². The Morgan fingerprint density at radius 1 is 1.20 bits per heavy atom. The van der Waals surface area contributed by atoms with Crippen LogP contribution in [0.4, 0.5) is 4.39 Å². The Bertz CT molecular complexity index is 571. The van der Waals surface area contributed by atoms with Crippen molar-refractivity contribution >= 4 is 11.6 Å². The lowest BCUT2D eigenvalue weighted by atomic mass is 9.99. The quantitative estimate of drug-likeness (QED) is 0.900. The van der Waals surface area contributed by atoms with Crippen LogP contribution in [0, 0.1) is 5.82 Å². The molecule has 0 spiro atoms. The van der Waals surface area contributed by atoms with Crippen LogP contribution in [0.15, 0.2) is 42.5 Å². The molecule has 0 aromatic heterocycles. The van der Waals surface area contributed by atoms with Crippen molar-refractivity contribution in [1.29, 1.82) is 0 Å². The first-order chi connectivity index (χ1) is 9.60. The molecule has 1 unspecified atom stereocenters. The first-order valence-electron chi connectivity index (χ1n) is 6.52. The van der Waals surface area contributed by atoms with Crippen LogP contribution in [-0.2, 0) is 6.42 Å². The molecule has 0 saturated carbocycles. The molecule has 0 amide bonds. The molecule has 0 bridgehead atoms. The fourth-order valence-electron chi connectivity index (χ4n) is 2.02. The lowest BCUT2D eigenvalue weighted by Crippen LogP contribution is -2.13. The van der Waals surface area contributed by atoms with Gasteiger partial charge in [-0.2, -0.15) is 0 Å². The molecule has 2 rings (SSSR count). The maximum Gasteiger partial charge on any atom is 0.124 e. The van der Waals surface area contributed by atoms with Gasteiger partial charge in [0, 0.05) is 11.1 Å². The number of benzene rings is 2. The summed E-state index contributed by atoms with van der Waals surface area (Å²) in [5.74, 6) is 0.483. The molecule has 0 heterocycles. The van der Waals surface area contributed by atoms with Crippen LogP contribution < -0.4 is 10.5 Å². The van der Waals surface area contributed by atoms with Gasteiger partial charge in [-0.05, 0) is 48.7 Å². The summed E-state index contributed by atoms with van der Waals surface area (Å²) in [5.41, 5.74) is 8.00. The molecular formula is C16H17ClFNO. The summed E-state index contributed by atoms with van der Waals surface area (Å²) in [6.07, 6.45) is 0.563. The highest BCUT2D eigenvalue weighted by Gasteiger charge is 2.10. The predicted molar refractivity (Wildman–Crippen MR) is 79.7 cm³/mol. The van der Waals surface area contributed by atoms with Gasteiger partial charge >= 0.3 is 0 Å². The minimum absolute atomic E-state index is 0.186. The van der Waals surface area contributed by atoms with Crippen molar-refractivity contribution in [2.24, 2.45) is 5.73 Å². The summed E-state index contributed by atoms with van der Waals surface area (Å²) < 4.78 is 18.4. The van der Waals surface area contributed by atoms with E-state index in [2.05, 4.69) is 0 Å². The van der Waals surface area contributed by atoms with E-state index in [0.29, 0.717) is 18.1 Å². The van der Waals surface area contributed by atoms with Gasteiger partial charge in [0.2, 0.25) is 0 Å². The van der Waals surface area contributed by atoms with Gasteiger partial charge in [-0.25, -0.2) is 4.39 Å². The first kappa shape index (κ1) is 14.8. The molecule has 1 atom stereocenters. The number of ether oxygens (including phenoxy) is 1. The number of rotatable bonds is 5. The summed E-state index contributed by atoms with van der Waals surface area (Å²) in [7, 11) is 0. The van der Waals surface area contributed by atoms with Crippen molar-refractivity contribution in [3.8, 4) is 5.75 Å². The number of nitrogens with two attached hydrogens (primary N) is 1. The topological polar surface area (TPSA) is 35.2 Å². The van der Waals surface area contributed by atoms with Gasteiger partial charge < -0.3 is 10.5 Å². The highest BCUT2D eigenvalue weighted by atomic mass is 35.5. The zero-order valence-electron chi connectivity index (χ0n) is 11.3. The van der Waals surface area contributed by atoms with Crippen molar-refractivity contribution in [3.05, 3.63) is 64.4 Å². The number of hydrogen-bond acceptors (Lipinski definition) is 2. The molecule has 2 aromatic carbocycles. The molecule has 0 fully saturated rings. The van der Waals surface area contributed by atoms with Crippen LogP contribution in [0.1, 0.15) is 24.1 Å². The summed E-state index contributed by atoms with van der Waals surface area (Å²) >= 11 is 6.01. The molecule has 0 aliphatic heterocycles. The molecule has 20 heavy (non-hydrogen) atoms. The van der Waals surface area contributed by atoms with Crippen molar-refractivity contribution in [2.75, 3.05) is 6.61 Å². The first-order valence-corrected chi connectivity index (χ1v) is 6.90. The van der Waals surface area contributed by atoms with E-state index in [-0.39, 0.29) is 11.9 Å². The van der Waals surface area contributed by atoms with E-state index < -0.39 is 0 Å². The summed E-state index contributed by atoms with van der Waals surface area (Å²) in [6.45, 7) is 2.58. The van der Waals surface area contributed by atoms with E-state index in [0.717, 1.165) is 16.9 Å². The van der Waals surface area contributed by atoms with Gasteiger partial charge in [-0.1, -0.05) is 29.8 Å². The summed E-state index contributed by atoms with van der Waals surface area (Å²) in [6, 6.07) is 11.9. The minimum atomic E-state index is -0.339. The highest BCUT2D eigenvalue weighted by molar-refractivity contribution is 6.31. The average molecular weight is 294 g/mol. The Kier molecular flexibility index (Phi) is 4.99. The van der Waals surface area contributed by atoms with Crippen LogP contribution in [0.3, 0.4) is 0 Å². The Balaban J connectivity index is 2.09. The van der Waals surface area contributed by atoms with E-state index in [1.54, 1.807) is 6.07 Å². The van der Waals surface area contributed by atoms with Crippen LogP contribution in [-0.4, -0.2) is 6.61 Å². The van der Waals surface area contributed by atoms with Crippen LogP contribution >= 0.6 is 11.6 Å². The Hall–Kier alpha value is -1.58. The Morgan fingerprint density at radius 3 is 2.50 bits per heavy atom. The van der Waals surface area contributed by atoms with E-state index >= 15 is 0 Å². The molecule has 2 nitrogen and oxygen atoms in total. The maximum atomic E-state index is 13.0. The highest BCUT2D eigenvalue weighted by Crippen LogP contribution is 2.24. The molecule has 2 aromatic rings. The molecule has 0 aliphatic carbocycles. The van der Waals surface area contributed by atoms with E-state index in [9.17, 15) is 4.39 Å². The third-order valence-electron chi connectivity index (χ3n) is 3.07. The number of halogens is 2. The van der Waals surface area contributed by atoms with E-state index in [4.69, 9.17) is 22.1 Å². The molecule has 2 N–H and O–H groups in total. The molecule has 0 aliphatic rings. The predicted octanol–water partition coefficient (Wildman–Crippen LogP) is 4.12. The second kappa shape index (κ2) is 6.73. The fraction of sp³-hybridized carbons (Fsp3) is 0.250. The molecule has 0 saturated heterocycles. The third kappa shape index (κ3) is 3.71. The second-order valence-corrected chi connectivity index (χ2v) is 4.96. The van der Waals surface area contributed by atoms with Crippen molar-refractivity contribution in [1.82, 2.24) is 0 Å². The third-order valence-corrected chi connectivity index (χ3v) is 3.43. The second-order valence-electron chi connectivity index (χ2n) is 4.55. The van der Waals surface area contributed by atoms with Gasteiger partial charge in [-0.3, -0.25) is 0 Å². The lowest BCUT2D eigenvalue weighted by Gasteiger charge is -2.14. The van der Waals surface area contributed by atoms with Crippen molar-refractivity contribution < 1.29 is 9.13 Å². The van der Waals surface area contributed by atoms with Gasteiger partial charge in [0.05, 0.1) is 6.61 Å². The van der Waals surface area contributed by atoms with Crippen LogP contribution in [0.5, 0.6) is 5.75 Å². The van der Waals surface area contributed by atoms with Crippen LogP contribution in [0.25, 0.3) is 0 Å². The van der Waals surface area contributed by atoms with Crippen LogP contribution in [0.2, 0.25) is 5.02 Å². The molecular weight excluding hydrogens is 277 g/mol. The zero-order chi connectivity index (χ0) is 14.5. The minimum Gasteiger partial charge on any atom is -0.494 e. The standard InChI is InChI=1S/C16H17ClFNO/c1-2-20-14-7-4-11(5-8-14)16(19)9-12-3-6-13(18)10-15(12)17/h3-8,10,16H,2,9,19H2,1H3. The monoisotopic (exact) mass is 293 g/mol. The van der Waals surface area contributed by atoms with Gasteiger partial charge in [0.15, 0.2) is 0 Å².